The van der Waals surface area contributed by atoms with Gasteiger partial charge in [-0.05, 0) is 42.3 Å². The standard InChI is InChI=1S/C16H16BrFO2/c1-10-3-5-13(16(7-10)20-2)15(19)9-11-8-12(17)4-6-14(11)18/h3-8,15,19H,9H2,1-2H3. The van der Waals surface area contributed by atoms with E-state index in [1.165, 1.54) is 6.07 Å². The topological polar surface area (TPSA) is 29.5 Å². The van der Waals surface area contributed by atoms with Gasteiger partial charge in [-0.1, -0.05) is 28.1 Å². The summed E-state index contributed by atoms with van der Waals surface area (Å²) >= 11 is 3.31. The normalized spacial score (nSPS) is 12.2. The summed E-state index contributed by atoms with van der Waals surface area (Å²) in [6.45, 7) is 1.95. The highest BCUT2D eigenvalue weighted by Crippen LogP contribution is 2.29. The van der Waals surface area contributed by atoms with E-state index in [0.29, 0.717) is 16.9 Å². The second-order valence-corrected chi connectivity index (χ2v) is 5.62. The monoisotopic (exact) mass is 338 g/mol. The molecule has 106 valence electrons. The van der Waals surface area contributed by atoms with Gasteiger partial charge in [0.15, 0.2) is 0 Å². The summed E-state index contributed by atoms with van der Waals surface area (Å²) in [5.74, 6) is 0.297. The largest absolute Gasteiger partial charge is 0.496 e. The molecule has 0 saturated carbocycles. The van der Waals surface area contributed by atoms with E-state index in [0.717, 1.165) is 10.0 Å². The van der Waals surface area contributed by atoms with Crippen LogP contribution in [0.1, 0.15) is 22.8 Å². The van der Waals surface area contributed by atoms with Gasteiger partial charge < -0.3 is 9.84 Å². The van der Waals surface area contributed by atoms with Gasteiger partial charge >= 0.3 is 0 Å². The fourth-order valence-corrected chi connectivity index (χ4v) is 2.52. The van der Waals surface area contributed by atoms with Gasteiger partial charge in [0.2, 0.25) is 0 Å². The summed E-state index contributed by atoms with van der Waals surface area (Å²) < 4.78 is 19.8. The molecule has 1 N–H and O–H groups in total. The molecule has 2 aromatic rings. The Hall–Kier alpha value is -1.39. The van der Waals surface area contributed by atoms with Crippen LogP contribution in [0.5, 0.6) is 5.75 Å². The molecule has 1 unspecified atom stereocenters. The molecule has 2 nitrogen and oxygen atoms in total. The Bertz CT molecular complexity index is 613. The summed E-state index contributed by atoms with van der Waals surface area (Å²) in [4.78, 5) is 0. The second-order valence-electron chi connectivity index (χ2n) is 4.70. The molecule has 0 fully saturated rings. The van der Waals surface area contributed by atoms with E-state index in [2.05, 4.69) is 15.9 Å². The average molecular weight is 339 g/mol. The number of methoxy groups -OCH3 is 1. The number of benzene rings is 2. The second kappa shape index (κ2) is 6.37. The third-order valence-corrected chi connectivity index (χ3v) is 3.66. The zero-order valence-electron chi connectivity index (χ0n) is 11.4. The van der Waals surface area contributed by atoms with Crippen LogP contribution in [0, 0.1) is 12.7 Å². The lowest BCUT2D eigenvalue weighted by Gasteiger charge is -2.16. The number of aryl methyl sites for hydroxylation is 1. The Morgan fingerprint density at radius 1 is 1.25 bits per heavy atom. The number of rotatable bonds is 4. The molecule has 0 aromatic heterocycles. The fraction of sp³-hybridized carbons (Fsp3) is 0.250. The molecule has 0 aliphatic heterocycles. The first-order valence-electron chi connectivity index (χ1n) is 6.28. The van der Waals surface area contributed by atoms with Crippen molar-refractivity contribution in [2.24, 2.45) is 0 Å². The third-order valence-electron chi connectivity index (χ3n) is 3.17. The van der Waals surface area contributed by atoms with Crippen LogP contribution in [0.15, 0.2) is 40.9 Å². The molecular formula is C16H16BrFO2. The smallest absolute Gasteiger partial charge is 0.126 e. The lowest BCUT2D eigenvalue weighted by Crippen LogP contribution is -2.06. The molecule has 20 heavy (non-hydrogen) atoms. The maximum Gasteiger partial charge on any atom is 0.126 e. The van der Waals surface area contributed by atoms with Crippen molar-refractivity contribution in [1.82, 2.24) is 0 Å². The van der Waals surface area contributed by atoms with Gasteiger partial charge in [0, 0.05) is 16.5 Å². The predicted octanol–water partition coefficient (Wildman–Crippen LogP) is 4.18. The first-order chi connectivity index (χ1) is 9.51. The van der Waals surface area contributed by atoms with Crippen molar-refractivity contribution in [2.75, 3.05) is 7.11 Å². The molecule has 2 aromatic carbocycles. The number of halogens is 2. The third kappa shape index (κ3) is 3.38. The lowest BCUT2D eigenvalue weighted by atomic mass is 9.99. The van der Waals surface area contributed by atoms with Gasteiger partial charge in [0.05, 0.1) is 13.2 Å². The highest BCUT2D eigenvalue weighted by Gasteiger charge is 2.16. The molecule has 2 rings (SSSR count). The summed E-state index contributed by atoms with van der Waals surface area (Å²) in [7, 11) is 1.56. The van der Waals surface area contributed by atoms with Gasteiger partial charge in [-0.15, -0.1) is 0 Å². The van der Waals surface area contributed by atoms with E-state index >= 15 is 0 Å². The van der Waals surface area contributed by atoms with E-state index in [4.69, 9.17) is 4.74 Å². The van der Waals surface area contributed by atoms with Crippen LogP contribution in [-0.2, 0) is 6.42 Å². The molecule has 0 heterocycles. The SMILES string of the molecule is COc1cc(C)ccc1C(O)Cc1cc(Br)ccc1F. The van der Waals surface area contributed by atoms with Crippen molar-refractivity contribution < 1.29 is 14.2 Å². The zero-order valence-corrected chi connectivity index (χ0v) is 12.9. The van der Waals surface area contributed by atoms with E-state index in [1.54, 1.807) is 19.2 Å². The molecule has 0 aliphatic carbocycles. The minimum Gasteiger partial charge on any atom is -0.496 e. The van der Waals surface area contributed by atoms with E-state index < -0.39 is 6.10 Å². The molecule has 0 aliphatic rings. The van der Waals surface area contributed by atoms with Gasteiger partial charge in [-0.3, -0.25) is 0 Å². The molecule has 0 spiro atoms. The maximum absolute atomic E-state index is 13.7. The Kier molecular flexibility index (Phi) is 4.78. The number of ether oxygens (including phenoxy) is 1. The lowest BCUT2D eigenvalue weighted by molar-refractivity contribution is 0.172. The zero-order chi connectivity index (χ0) is 14.7. The van der Waals surface area contributed by atoms with Crippen LogP contribution in [0.2, 0.25) is 0 Å². The van der Waals surface area contributed by atoms with E-state index in [-0.39, 0.29) is 12.2 Å². The Morgan fingerprint density at radius 2 is 2.00 bits per heavy atom. The predicted molar refractivity (Wildman–Crippen MR) is 80.5 cm³/mol. The number of aliphatic hydroxyl groups is 1. The average Bonchev–Trinajstić information content (AvgIpc) is 2.42. The minimum atomic E-state index is -0.811. The first-order valence-corrected chi connectivity index (χ1v) is 7.07. The Balaban J connectivity index is 2.28. The van der Waals surface area contributed by atoms with Crippen LogP contribution in [0.25, 0.3) is 0 Å². The fourth-order valence-electron chi connectivity index (χ4n) is 2.11. The van der Waals surface area contributed by atoms with Crippen molar-refractivity contribution in [3.63, 3.8) is 0 Å². The van der Waals surface area contributed by atoms with Crippen molar-refractivity contribution in [3.05, 3.63) is 63.4 Å². The Labute approximate surface area is 126 Å². The molecule has 4 heteroatoms. The van der Waals surface area contributed by atoms with Gasteiger partial charge in [-0.25, -0.2) is 4.39 Å². The minimum absolute atomic E-state index is 0.199. The van der Waals surface area contributed by atoms with E-state index in [1.807, 2.05) is 25.1 Å². The van der Waals surface area contributed by atoms with Crippen LogP contribution >= 0.6 is 15.9 Å². The summed E-state index contributed by atoms with van der Waals surface area (Å²) in [6.07, 6.45) is -0.612. The quantitative estimate of drug-likeness (QED) is 0.905. The number of hydrogen-bond acceptors (Lipinski definition) is 2. The highest BCUT2D eigenvalue weighted by atomic mass is 79.9. The molecular weight excluding hydrogens is 323 g/mol. The van der Waals surface area contributed by atoms with Crippen LogP contribution < -0.4 is 4.74 Å². The highest BCUT2D eigenvalue weighted by molar-refractivity contribution is 9.10. The van der Waals surface area contributed by atoms with Gasteiger partial charge in [-0.2, -0.15) is 0 Å². The van der Waals surface area contributed by atoms with Crippen molar-refractivity contribution in [1.29, 1.82) is 0 Å². The van der Waals surface area contributed by atoms with Gasteiger partial charge in [0.1, 0.15) is 11.6 Å². The molecule has 0 bridgehead atoms. The number of hydrogen-bond donors (Lipinski definition) is 1. The molecule has 1 atom stereocenters. The van der Waals surface area contributed by atoms with Crippen molar-refractivity contribution >= 4 is 15.9 Å². The molecule has 0 amide bonds. The molecule has 0 saturated heterocycles. The summed E-state index contributed by atoms with van der Waals surface area (Å²) in [5, 5.41) is 10.3. The van der Waals surface area contributed by atoms with Crippen LogP contribution in [-0.4, -0.2) is 12.2 Å². The maximum atomic E-state index is 13.7. The van der Waals surface area contributed by atoms with Gasteiger partial charge in [0.25, 0.3) is 0 Å². The number of aliphatic hydroxyl groups excluding tert-OH is 1. The summed E-state index contributed by atoms with van der Waals surface area (Å²) in [6, 6.07) is 10.3. The Morgan fingerprint density at radius 3 is 2.70 bits per heavy atom. The first kappa shape index (κ1) is 15.0. The van der Waals surface area contributed by atoms with Crippen LogP contribution in [0.4, 0.5) is 4.39 Å². The van der Waals surface area contributed by atoms with Crippen molar-refractivity contribution in [2.45, 2.75) is 19.4 Å². The van der Waals surface area contributed by atoms with E-state index in [9.17, 15) is 9.50 Å². The van der Waals surface area contributed by atoms with Crippen LogP contribution in [0.3, 0.4) is 0 Å². The molecule has 0 radical (unpaired) electrons. The van der Waals surface area contributed by atoms with Crippen molar-refractivity contribution in [3.8, 4) is 5.75 Å². The summed E-state index contributed by atoms with van der Waals surface area (Å²) in [5.41, 5.74) is 2.18.